The zero-order chi connectivity index (χ0) is 28.0. The second-order valence-corrected chi connectivity index (χ2v) is 11.6. The first-order valence-corrected chi connectivity index (χ1v) is 14.3. The van der Waals surface area contributed by atoms with Gasteiger partial charge in [0.15, 0.2) is 0 Å². The van der Waals surface area contributed by atoms with Gasteiger partial charge in [-0.15, -0.1) is 0 Å². The minimum Gasteiger partial charge on any atom is -0.487 e. The molecule has 1 aliphatic rings. The fourth-order valence-electron chi connectivity index (χ4n) is 4.35. The molecule has 0 spiro atoms. The normalized spacial score (nSPS) is 19.3. The van der Waals surface area contributed by atoms with E-state index in [1.807, 2.05) is 43.3 Å². The molecule has 1 aliphatic heterocycles. The summed E-state index contributed by atoms with van der Waals surface area (Å²) >= 11 is 0. The molecule has 1 N–H and O–H groups in total. The Kier molecular flexibility index (Phi) is 9.02. The molecule has 0 radical (unpaired) electrons. The molecule has 3 aromatic rings. The van der Waals surface area contributed by atoms with Gasteiger partial charge in [-0.05, 0) is 49.4 Å². The number of aliphatic hydroxyl groups is 1. The molecule has 0 fully saturated rings. The van der Waals surface area contributed by atoms with Crippen LogP contribution in [0.3, 0.4) is 0 Å². The van der Waals surface area contributed by atoms with Crippen molar-refractivity contribution in [3.05, 3.63) is 89.7 Å². The monoisotopic (exact) mass is 547 g/mol. The number of ether oxygens (including phenoxy) is 1. The van der Waals surface area contributed by atoms with Crippen molar-refractivity contribution in [3.8, 4) is 17.6 Å². The maximum atomic E-state index is 13.7. The number of amides is 1. The summed E-state index contributed by atoms with van der Waals surface area (Å²) in [6.45, 7) is 3.61. The maximum Gasteiger partial charge on any atom is 0.247 e. The number of hydrogen-bond acceptors (Lipinski definition) is 6. The first-order valence-electron chi connectivity index (χ1n) is 12.8. The summed E-state index contributed by atoms with van der Waals surface area (Å²) in [4.78, 5) is 18.8. The van der Waals surface area contributed by atoms with Crippen molar-refractivity contribution < 1.29 is 23.1 Å². The van der Waals surface area contributed by atoms with Crippen LogP contribution in [0.4, 0.5) is 0 Å². The molecule has 0 bridgehead atoms. The van der Waals surface area contributed by atoms with E-state index in [-0.39, 0.29) is 48.6 Å². The highest BCUT2D eigenvalue weighted by molar-refractivity contribution is 7.89. The number of hydrogen-bond donors (Lipinski definition) is 1. The van der Waals surface area contributed by atoms with Gasteiger partial charge in [0, 0.05) is 48.6 Å². The van der Waals surface area contributed by atoms with E-state index >= 15 is 0 Å². The van der Waals surface area contributed by atoms with Gasteiger partial charge in [-0.25, -0.2) is 8.42 Å². The van der Waals surface area contributed by atoms with Gasteiger partial charge in [-0.1, -0.05) is 43.0 Å². The molecule has 1 amide bonds. The van der Waals surface area contributed by atoms with E-state index in [1.165, 1.54) is 10.4 Å². The average molecular weight is 548 g/mol. The Hall–Kier alpha value is -3.71. The molecular formula is C30H33N3O5S. The first kappa shape index (κ1) is 28.3. The number of fused-ring (bicyclic) bond motifs is 1. The van der Waals surface area contributed by atoms with Gasteiger partial charge in [0.1, 0.15) is 16.7 Å². The third-order valence-electron chi connectivity index (χ3n) is 6.73. The van der Waals surface area contributed by atoms with Crippen molar-refractivity contribution in [2.75, 3.05) is 26.7 Å². The minimum atomic E-state index is -3.97. The van der Waals surface area contributed by atoms with Gasteiger partial charge in [0.2, 0.25) is 15.9 Å². The largest absolute Gasteiger partial charge is 0.487 e. The van der Waals surface area contributed by atoms with Crippen LogP contribution in [-0.4, -0.2) is 72.5 Å². The molecule has 204 valence electrons. The lowest BCUT2D eigenvalue weighted by atomic mass is 10.0. The van der Waals surface area contributed by atoms with Crippen LogP contribution in [0.1, 0.15) is 30.7 Å². The molecule has 4 rings (SSSR count). The number of benzene rings is 2. The van der Waals surface area contributed by atoms with Crippen LogP contribution in [0.2, 0.25) is 0 Å². The molecule has 2 aromatic carbocycles. The zero-order valence-corrected chi connectivity index (χ0v) is 23.1. The number of sulfonamides is 1. The van der Waals surface area contributed by atoms with Crippen LogP contribution in [0.5, 0.6) is 5.75 Å². The van der Waals surface area contributed by atoms with E-state index in [0.717, 1.165) is 5.56 Å². The summed E-state index contributed by atoms with van der Waals surface area (Å²) in [6.07, 6.45) is 1.29. The quantitative estimate of drug-likeness (QED) is 0.477. The summed E-state index contributed by atoms with van der Waals surface area (Å²) in [5, 5.41) is 9.85. The fourth-order valence-corrected chi connectivity index (χ4v) is 6.18. The molecular weight excluding hydrogens is 514 g/mol. The minimum absolute atomic E-state index is 0.00688. The lowest BCUT2D eigenvalue weighted by Crippen LogP contribution is -2.50. The predicted molar refractivity (Wildman–Crippen MR) is 148 cm³/mol. The summed E-state index contributed by atoms with van der Waals surface area (Å²) in [5.41, 5.74) is 2.10. The van der Waals surface area contributed by atoms with E-state index in [0.29, 0.717) is 11.3 Å². The molecule has 3 atom stereocenters. The van der Waals surface area contributed by atoms with Crippen LogP contribution in [0, 0.1) is 17.8 Å². The number of aromatic nitrogens is 1. The number of pyridine rings is 1. The number of carbonyl (C=O) groups excluding carboxylic acids is 1. The van der Waals surface area contributed by atoms with Gasteiger partial charge < -0.3 is 14.7 Å². The Morgan fingerprint density at radius 3 is 2.54 bits per heavy atom. The van der Waals surface area contributed by atoms with E-state index in [4.69, 9.17) is 4.74 Å². The van der Waals surface area contributed by atoms with Crippen LogP contribution >= 0.6 is 0 Å². The Labute approximate surface area is 230 Å². The topological polar surface area (TPSA) is 100 Å². The van der Waals surface area contributed by atoms with Crippen LogP contribution < -0.4 is 4.74 Å². The molecule has 0 aliphatic carbocycles. The van der Waals surface area contributed by atoms with Gasteiger partial charge in [0.25, 0.3) is 0 Å². The van der Waals surface area contributed by atoms with Crippen molar-refractivity contribution >= 4 is 15.9 Å². The van der Waals surface area contributed by atoms with Crippen molar-refractivity contribution in [2.24, 2.45) is 5.92 Å². The van der Waals surface area contributed by atoms with Gasteiger partial charge >= 0.3 is 0 Å². The van der Waals surface area contributed by atoms with Crippen LogP contribution in [-0.2, 0) is 21.2 Å². The lowest BCUT2D eigenvalue weighted by molar-refractivity contribution is -0.130. The summed E-state index contributed by atoms with van der Waals surface area (Å²) in [6, 6.07) is 19.1. The van der Waals surface area contributed by atoms with E-state index in [9.17, 15) is 18.3 Å². The highest BCUT2D eigenvalue weighted by Crippen LogP contribution is 2.34. The molecule has 0 unspecified atom stereocenters. The number of aliphatic hydroxyl groups excluding tert-OH is 1. The predicted octanol–water partition coefficient (Wildman–Crippen LogP) is 2.95. The smallest absolute Gasteiger partial charge is 0.247 e. The van der Waals surface area contributed by atoms with Crippen molar-refractivity contribution in [1.82, 2.24) is 14.2 Å². The SMILES string of the molecule is C[C@H](CO)N1C[C@H](C)[C@@H](CN(C)C(=O)Cc2ccccn2)Oc2cc(C#Cc3ccccc3)ccc2S1(=O)=O. The van der Waals surface area contributed by atoms with Crippen LogP contribution in [0.25, 0.3) is 0 Å². The van der Waals surface area contributed by atoms with Gasteiger partial charge in [-0.3, -0.25) is 9.78 Å². The molecule has 0 saturated heterocycles. The highest BCUT2D eigenvalue weighted by atomic mass is 32.2. The van der Waals surface area contributed by atoms with Crippen LogP contribution in [0.15, 0.2) is 77.8 Å². The number of rotatable bonds is 6. The molecule has 39 heavy (non-hydrogen) atoms. The second-order valence-electron chi connectivity index (χ2n) is 9.79. The lowest BCUT2D eigenvalue weighted by Gasteiger charge is -2.37. The number of nitrogens with zero attached hydrogens (tertiary/aromatic N) is 3. The number of carbonyl (C=O) groups is 1. The molecule has 0 saturated carbocycles. The average Bonchev–Trinajstić information content (AvgIpc) is 2.94. The Morgan fingerprint density at radius 2 is 1.85 bits per heavy atom. The van der Waals surface area contributed by atoms with Crippen molar-refractivity contribution in [1.29, 1.82) is 0 Å². The Bertz CT molecular complexity index is 1450. The maximum absolute atomic E-state index is 13.7. The van der Waals surface area contributed by atoms with E-state index < -0.39 is 22.2 Å². The fraction of sp³-hybridized carbons (Fsp3) is 0.333. The van der Waals surface area contributed by atoms with Gasteiger partial charge in [-0.2, -0.15) is 4.31 Å². The first-order chi connectivity index (χ1) is 18.7. The Morgan fingerprint density at radius 1 is 1.13 bits per heavy atom. The Balaban J connectivity index is 1.67. The third kappa shape index (κ3) is 6.84. The second kappa shape index (κ2) is 12.4. The van der Waals surface area contributed by atoms with E-state index in [2.05, 4.69) is 16.8 Å². The molecule has 1 aromatic heterocycles. The van der Waals surface area contributed by atoms with E-state index in [1.54, 1.807) is 49.3 Å². The number of likely N-dealkylation sites (N-methyl/N-ethyl adjacent to an activating group) is 1. The summed E-state index contributed by atoms with van der Waals surface area (Å²) in [5.74, 6) is 5.93. The van der Waals surface area contributed by atoms with Crippen molar-refractivity contribution in [2.45, 2.75) is 37.3 Å². The molecule has 8 nitrogen and oxygen atoms in total. The third-order valence-corrected chi connectivity index (χ3v) is 8.75. The zero-order valence-electron chi connectivity index (χ0n) is 22.3. The van der Waals surface area contributed by atoms with Crippen molar-refractivity contribution in [3.63, 3.8) is 0 Å². The highest BCUT2D eigenvalue weighted by Gasteiger charge is 2.38. The summed E-state index contributed by atoms with van der Waals surface area (Å²) < 4.78 is 35.0. The molecule has 9 heteroatoms. The van der Waals surface area contributed by atoms with Gasteiger partial charge in [0.05, 0.1) is 19.6 Å². The summed E-state index contributed by atoms with van der Waals surface area (Å²) in [7, 11) is -2.27. The standard InChI is InChI=1S/C30H33N3O5S/c1-22-19-33(23(2)21-34)39(36,37)29-15-14-25(13-12-24-9-5-4-6-10-24)17-27(29)38-28(22)20-32(3)30(35)18-26-11-7-8-16-31-26/h4-11,14-17,22-23,28,34H,18-21H2,1-3H3/t22-,23+,28+/m0/s1. The molecule has 2 heterocycles.